The zero-order chi connectivity index (χ0) is 16.3. The topological polar surface area (TPSA) is 21.6 Å². The summed E-state index contributed by atoms with van der Waals surface area (Å²) < 4.78 is 67.4. The van der Waals surface area contributed by atoms with Crippen molar-refractivity contribution in [2.75, 3.05) is 0 Å². The van der Waals surface area contributed by atoms with Crippen LogP contribution in [-0.4, -0.2) is 11.5 Å². The number of ether oxygens (including phenoxy) is 1. The molecule has 0 aliphatic rings. The maximum absolute atomic E-state index is 13.9. The quantitative estimate of drug-likeness (QED) is 0.434. The number of hydrogen-bond donors (Lipinski definition) is 0. The molecule has 0 N–H and O–H groups in total. The predicted molar refractivity (Wildman–Crippen MR) is 73.2 cm³/mol. The molecule has 0 saturated heterocycles. The highest BCUT2D eigenvalue weighted by Crippen LogP contribution is 2.31. The Bertz CT molecular complexity index is 736. The molecule has 2 nitrogen and oxygen atoms in total. The number of rotatable bonds is 3. The van der Waals surface area contributed by atoms with Gasteiger partial charge in [-0.25, -0.2) is 8.78 Å². The Hall–Kier alpha value is -2.31. The lowest BCUT2D eigenvalue weighted by Crippen LogP contribution is -2.16. The van der Waals surface area contributed by atoms with Crippen molar-refractivity contribution in [2.24, 2.45) is 4.99 Å². The van der Waals surface area contributed by atoms with E-state index in [9.17, 15) is 22.0 Å². The molecule has 0 radical (unpaired) electrons. The van der Waals surface area contributed by atoms with E-state index in [0.717, 1.165) is 24.3 Å². The smallest absolute Gasteiger partial charge is 0.406 e. The molecule has 2 aromatic carbocycles. The van der Waals surface area contributed by atoms with E-state index in [-0.39, 0.29) is 16.8 Å². The Morgan fingerprint density at radius 3 is 2.18 bits per heavy atom. The molecular formula is C14H6F5NOS. The van der Waals surface area contributed by atoms with Gasteiger partial charge >= 0.3 is 6.36 Å². The van der Waals surface area contributed by atoms with E-state index in [1.807, 2.05) is 5.16 Å². The van der Waals surface area contributed by atoms with Crippen LogP contribution >= 0.6 is 12.2 Å². The normalized spacial score (nSPS) is 11.0. The molecule has 0 spiro atoms. The third-order valence-electron chi connectivity index (χ3n) is 2.60. The van der Waals surface area contributed by atoms with Crippen LogP contribution in [0, 0.1) is 11.6 Å². The zero-order valence-electron chi connectivity index (χ0n) is 10.6. The van der Waals surface area contributed by atoms with Gasteiger partial charge in [0.25, 0.3) is 0 Å². The molecule has 0 aliphatic carbocycles. The summed E-state index contributed by atoms with van der Waals surface area (Å²) in [6.45, 7) is 0. The third kappa shape index (κ3) is 3.87. The van der Waals surface area contributed by atoms with Crippen molar-refractivity contribution < 1.29 is 26.7 Å². The van der Waals surface area contributed by atoms with Crippen molar-refractivity contribution in [2.45, 2.75) is 6.36 Å². The molecule has 2 aromatic rings. The van der Waals surface area contributed by atoms with Crippen LogP contribution in [0.4, 0.5) is 27.6 Å². The van der Waals surface area contributed by atoms with E-state index in [1.165, 1.54) is 12.1 Å². The predicted octanol–water partition coefficient (Wildman–Crippen LogP) is 5.26. The lowest BCUT2D eigenvalue weighted by molar-refractivity contribution is -0.274. The summed E-state index contributed by atoms with van der Waals surface area (Å²) >= 11 is 4.31. The minimum Gasteiger partial charge on any atom is -0.406 e. The molecule has 0 aromatic heterocycles. The number of aliphatic imine (C=N–C) groups is 1. The monoisotopic (exact) mass is 331 g/mol. The van der Waals surface area contributed by atoms with Crippen molar-refractivity contribution in [3.8, 4) is 16.9 Å². The highest BCUT2D eigenvalue weighted by molar-refractivity contribution is 7.78. The van der Waals surface area contributed by atoms with Gasteiger partial charge in [-0.1, -0.05) is 12.1 Å². The number of nitrogens with zero attached hydrogens (tertiary/aromatic N) is 1. The van der Waals surface area contributed by atoms with Gasteiger partial charge in [-0.15, -0.1) is 13.2 Å². The first-order chi connectivity index (χ1) is 10.3. The molecule has 0 unspecified atom stereocenters. The average molecular weight is 331 g/mol. The molecule has 0 amide bonds. The van der Waals surface area contributed by atoms with Crippen LogP contribution in [0.25, 0.3) is 11.1 Å². The Balaban J connectivity index is 2.36. The minimum absolute atomic E-state index is 0.126. The summed E-state index contributed by atoms with van der Waals surface area (Å²) in [5.74, 6) is -2.08. The lowest BCUT2D eigenvalue weighted by Gasteiger charge is -2.10. The molecule has 0 atom stereocenters. The third-order valence-corrected chi connectivity index (χ3v) is 2.69. The molecule has 0 heterocycles. The minimum atomic E-state index is -4.82. The van der Waals surface area contributed by atoms with Crippen LogP contribution in [0.2, 0.25) is 0 Å². The van der Waals surface area contributed by atoms with Crippen molar-refractivity contribution >= 4 is 23.1 Å². The molecule has 114 valence electrons. The van der Waals surface area contributed by atoms with Gasteiger partial charge in [-0.05, 0) is 36.0 Å². The Labute approximate surface area is 126 Å². The van der Waals surface area contributed by atoms with Crippen LogP contribution in [0.5, 0.6) is 5.75 Å². The number of hydrogen-bond acceptors (Lipinski definition) is 3. The van der Waals surface area contributed by atoms with E-state index < -0.39 is 23.7 Å². The highest BCUT2D eigenvalue weighted by atomic mass is 32.1. The largest absolute Gasteiger partial charge is 0.573 e. The summed E-state index contributed by atoms with van der Waals surface area (Å²) in [5.41, 5.74) is -0.253. The molecule has 2 rings (SSSR count). The van der Waals surface area contributed by atoms with Gasteiger partial charge in [0.2, 0.25) is 0 Å². The van der Waals surface area contributed by atoms with Gasteiger partial charge in [0, 0.05) is 11.6 Å². The molecule has 0 bridgehead atoms. The van der Waals surface area contributed by atoms with Crippen LogP contribution in [0.3, 0.4) is 0 Å². The maximum Gasteiger partial charge on any atom is 0.573 e. The SMILES string of the molecule is Fc1cc(-c2ccc(OC(F)(F)F)cc2)c(F)cc1N=C=S. The fourth-order valence-corrected chi connectivity index (χ4v) is 1.83. The first-order valence-corrected chi connectivity index (χ1v) is 6.14. The Kier molecular flexibility index (Phi) is 4.54. The van der Waals surface area contributed by atoms with Gasteiger partial charge in [0.05, 0.1) is 5.16 Å². The summed E-state index contributed by atoms with van der Waals surface area (Å²) in [5, 5.41) is 1.92. The fourth-order valence-electron chi connectivity index (χ4n) is 1.73. The lowest BCUT2D eigenvalue weighted by atomic mass is 10.0. The molecule has 0 fully saturated rings. The second kappa shape index (κ2) is 6.21. The summed E-state index contributed by atoms with van der Waals surface area (Å²) in [4.78, 5) is 3.36. The van der Waals surface area contributed by atoms with Crippen LogP contribution in [0.1, 0.15) is 0 Å². The van der Waals surface area contributed by atoms with E-state index >= 15 is 0 Å². The van der Waals surface area contributed by atoms with Crippen LogP contribution in [-0.2, 0) is 0 Å². The van der Waals surface area contributed by atoms with E-state index in [1.54, 1.807) is 0 Å². The van der Waals surface area contributed by atoms with E-state index in [0.29, 0.717) is 0 Å². The van der Waals surface area contributed by atoms with Gasteiger partial charge < -0.3 is 4.74 Å². The van der Waals surface area contributed by atoms with E-state index in [2.05, 4.69) is 21.9 Å². The van der Waals surface area contributed by atoms with Gasteiger partial charge in [-0.2, -0.15) is 4.99 Å². The maximum atomic E-state index is 13.9. The molecular weight excluding hydrogens is 325 g/mol. The van der Waals surface area contributed by atoms with Crippen molar-refractivity contribution in [3.63, 3.8) is 0 Å². The number of halogens is 5. The number of benzene rings is 2. The summed E-state index contributed by atoms with van der Waals surface area (Å²) in [6.07, 6.45) is -4.82. The van der Waals surface area contributed by atoms with Gasteiger partial charge in [0.15, 0.2) is 0 Å². The second-order valence-corrected chi connectivity index (χ2v) is 4.24. The summed E-state index contributed by atoms with van der Waals surface area (Å²) in [6, 6.07) is 6.07. The molecule has 0 aliphatic heterocycles. The molecule has 22 heavy (non-hydrogen) atoms. The van der Waals surface area contributed by atoms with Crippen molar-refractivity contribution in [3.05, 3.63) is 48.0 Å². The van der Waals surface area contributed by atoms with Gasteiger partial charge in [-0.3, -0.25) is 0 Å². The second-order valence-electron chi connectivity index (χ2n) is 4.06. The fraction of sp³-hybridized carbons (Fsp3) is 0.0714. The first kappa shape index (κ1) is 16.1. The van der Waals surface area contributed by atoms with Gasteiger partial charge in [0.1, 0.15) is 23.1 Å². The summed E-state index contributed by atoms with van der Waals surface area (Å²) in [7, 11) is 0. The highest BCUT2D eigenvalue weighted by Gasteiger charge is 2.31. The van der Waals surface area contributed by atoms with Crippen LogP contribution < -0.4 is 4.74 Å². The zero-order valence-corrected chi connectivity index (χ0v) is 11.4. The van der Waals surface area contributed by atoms with Crippen molar-refractivity contribution in [1.29, 1.82) is 0 Å². The number of thiocarbonyl (C=S) groups is 1. The molecule has 8 heteroatoms. The average Bonchev–Trinajstić information content (AvgIpc) is 2.42. The Morgan fingerprint density at radius 1 is 1.00 bits per heavy atom. The number of alkyl halides is 3. The number of isothiocyanates is 1. The first-order valence-electron chi connectivity index (χ1n) is 5.73. The Morgan fingerprint density at radius 2 is 1.64 bits per heavy atom. The van der Waals surface area contributed by atoms with Crippen molar-refractivity contribution in [1.82, 2.24) is 0 Å². The van der Waals surface area contributed by atoms with E-state index in [4.69, 9.17) is 0 Å². The molecule has 0 saturated carbocycles. The van der Waals surface area contributed by atoms with Crippen LogP contribution in [0.15, 0.2) is 41.4 Å². The standard InChI is InChI=1S/C14H6F5NOS/c15-11-6-13(20-7-22)12(16)5-10(11)8-1-3-9(4-2-8)21-14(17,18)19/h1-6H.